The predicted molar refractivity (Wildman–Crippen MR) is 74.8 cm³/mol. The van der Waals surface area contributed by atoms with Gasteiger partial charge in [0.2, 0.25) is 0 Å². The smallest absolute Gasteiger partial charge is 0.125 e. The second-order valence-corrected chi connectivity index (χ2v) is 5.68. The molecule has 0 N–H and O–H groups in total. The molecular formula is C16H23NO. The zero-order valence-electron chi connectivity index (χ0n) is 12.1. The average Bonchev–Trinajstić information content (AvgIpc) is 2.26. The first-order valence-corrected chi connectivity index (χ1v) is 6.47. The van der Waals surface area contributed by atoms with Gasteiger partial charge < -0.3 is 4.74 Å². The van der Waals surface area contributed by atoms with Crippen molar-refractivity contribution in [2.45, 2.75) is 47.5 Å². The van der Waals surface area contributed by atoms with Gasteiger partial charge >= 0.3 is 0 Å². The zero-order chi connectivity index (χ0) is 13.8. The first-order valence-electron chi connectivity index (χ1n) is 6.47. The van der Waals surface area contributed by atoms with E-state index in [0.717, 1.165) is 18.6 Å². The molecule has 0 saturated carbocycles. The molecule has 0 saturated heterocycles. The van der Waals surface area contributed by atoms with E-state index < -0.39 is 0 Å². The Morgan fingerprint density at radius 1 is 1.17 bits per heavy atom. The van der Waals surface area contributed by atoms with E-state index >= 15 is 0 Å². The van der Waals surface area contributed by atoms with E-state index in [1.165, 1.54) is 16.7 Å². The molecule has 1 aromatic carbocycles. The van der Waals surface area contributed by atoms with E-state index in [1.54, 1.807) is 0 Å². The molecule has 0 aliphatic rings. The molecule has 18 heavy (non-hydrogen) atoms. The molecule has 0 radical (unpaired) electrons. The lowest BCUT2D eigenvalue weighted by atomic mass is 9.90. The number of benzene rings is 1. The Labute approximate surface area is 111 Å². The van der Waals surface area contributed by atoms with Crippen molar-refractivity contribution in [3.8, 4) is 11.8 Å². The van der Waals surface area contributed by atoms with Crippen LogP contribution >= 0.6 is 0 Å². The lowest BCUT2D eigenvalue weighted by molar-refractivity contribution is 0.281. The van der Waals surface area contributed by atoms with Crippen LogP contribution in [0.2, 0.25) is 0 Å². The number of nitrogens with zero attached hydrogens (tertiary/aromatic N) is 1. The lowest BCUT2D eigenvalue weighted by Crippen LogP contribution is -2.10. The van der Waals surface area contributed by atoms with E-state index in [1.807, 2.05) is 13.8 Å². The largest absolute Gasteiger partial charge is 0.493 e. The molecule has 2 heteroatoms. The van der Waals surface area contributed by atoms with Crippen molar-refractivity contribution in [1.29, 1.82) is 5.26 Å². The summed E-state index contributed by atoms with van der Waals surface area (Å²) in [6, 6.07) is 6.60. The van der Waals surface area contributed by atoms with Gasteiger partial charge in [0.15, 0.2) is 0 Å². The van der Waals surface area contributed by atoms with Crippen LogP contribution in [0, 0.1) is 37.5 Å². The Balaban J connectivity index is 2.53. The highest BCUT2D eigenvalue weighted by molar-refractivity contribution is 5.42. The second kappa shape index (κ2) is 5.91. The van der Waals surface area contributed by atoms with Gasteiger partial charge in [0.1, 0.15) is 5.75 Å². The highest BCUT2D eigenvalue weighted by Gasteiger charge is 2.15. The number of aryl methyl sites for hydroxylation is 3. The maximum Gasteiger partial charge on any atom is 0.125 e. The minimum Gasteiger partial charge on any atom is -0.493 e. The van der Waals surface area contributed by atoms with Gasteiger partial charge in [-0.2, -0.15) is 5.26 Å². The van der Waals surface area contributed by atoms with Crippen LogP contribution in [0.25, 0.3) is 0 Å². The van der Waals surface area contributed by atoms with Crippen molar-refractivity contribution < 1.29 is 4.74 Å². The van der Waals surface area contributed by atoms with Gasteiger partial charge in [0.25, 0.3) is 0 Å². The molecule has 0 aliphatic heterocycles. The van der Waals surface area contributed by atoms with Crippen molar-refractivity contribution in [3.05, 3.63) is 28.8 Å². The van der Waals surface area contributed by atoms with Crippen LogP contribution in [-0.4, -0.2) is 6.61 Å². The summed E-state index contributed by atoms with van der Waals surface area (Å²) in [6.45, 7) is 10.9. The molecule has 0 aromatic heterocycles. The SMILES string of the molecule is Cc1cc(C)c(OCCCC(C)(C)C#N)c(C)c1. The fourth-order valence-electron chi connectivity index (χ4n) is 2.14. The van der Waals surface area contributed by atoms with Gasteiger partial charge in [-0.15, -0.1) is 0 Å². The number of hydrogen-bond acceptors (Lipinski definition) is 2. The molecule has 0 heterocycles. The normalized spacial score (nSPS) is 11.1. The summed E-state index contributed by atoms with van der Waals surface area (Å²) in [5.41, 5.74) is 3.39. The molecule has 98 valence electrons. The topological polar surface area (TPSA) is 33.0 Å². The summed E-state index contributed by atoms with van der Waals surface area (Å²) in [5.74, 6) is 0.996. The van der Waals surface area contributed by atoms with Crippen LogP contribution in [0.3, 0.4) is 0 Å². The van der Waals surface area contributed by atoms with Crippen LogP contribution in [0.15, 0.2) is 12.1 Å². The molecule has 1 rings (SSSR count). The van der Waals surface area contributed by atoms with E-state index in [2.05, 4.69) is 39.0 Å². The molecule has 0 fully saturated rings. The highest BCUT2D eigenvalue weighted by Crippen LogP contribution is 2.26. The standard InChI is InChI=1S/C16H23NO/c1-12-9-13(2)15(14(3)10-12)18-8-6-7-16(4,5)11-17/h9-10H,6-8H2,1-5H3. The monoisotopic (exact) mass is 245 g/mol. The molecule has 2 nitrogen and oxygen atoms in total. The number of hydrogen-bond donors (Lipinski definition) is 0. The lowest BCUT2D eigenvalue weighted by Gasteiger charge is -2.16. The first-order chi connectivity index (χ1) is 8.35. The summed E-state index contributed by atoms with van der Waals surface area (Å²) in [6.07, 6.45) is 1.78. The Bertz CT molecular complexity index is 432. The van der Waals surface area contributed by atoms with Gasteiger partial charge in [-0.25, -0.2) is 0 Å². The third-order valence-corrected chi connectivity index (χ3v) is 3.10. The molecule has 0 atom stereocenters. The zero-order valence-corrected chi connectivity index (χ0v) is 12.1. The number of rotatable bonds is 5. The predicted octanol–water partition coefficient (Wildman–Crippen LogP) is 4.32. The summed E-state index contributed by atoms with van der Waals surface area (Å²) >= 11 is 0. The summed E-state index contributed by atoms with van der Waals surface area (Å²) in [7, 11) is 0. The maximum absolute atomic E-state index is 8.94. The van der Waals surface area contributed by atoms with E-state index in [-0.39, 0.29) is 5.41 Å². The van der Waals surface area contributed by atoms with Crippen LogP contribution in [0.5, 0.6) is 5.75 Å². The molecular weight excluding hydrogens is 222 g/mol. The Kier molecular flexibility index (Phi) is 4.78. The van der Waals surface area contributed by atoms with Crippen molar-refractivity contribution >= 4 is 0 Å². The minimum absolute atomic E-state index is 0.249. The molecule has 0 spiro atoms. The Morgan fingerprint density at radius 3 is 2.22 bits per heavy atom. The molecule has 1 aromatic rings. The highest BCUT2D eigenvalue weighted by atomic mass is 16.5. The maximum atomic E-state index is 8.94. The van der Waals surface area contributed by atoms with Gasteiger partial charge in [0, 0.05) is 0 Å². The Hall–Kier alpha value is -1.49. The van der Waals surface area contributed by atoms with Crippen LogP contribution in [0.4, 0.5) is 0 Å². The second-order valence-electron chi connectivity index (χ2n) is 5.68. The average molecular weight is 245 g/mol. The van der Waals surface area contributed by atoms with Crippen molar-refractivity contribution in [2.24, 2.45) is 5.41 Å². The molecule has 0 aliphatic carbocycles. The third-order valence-electron chi connectivity index (χ3n) is 3.10. The molecule has 0 amide bonds. The fraction of sp³-hybridized carbons (Fsp3) is 0.562. The van der Waals surface area contributed by atoms with E-state index in [4.69, 9.17) is 10.00 Å². The third kappa shape index (κ3) is 4.07. The van der Waals surface area contributed by atoms with Gasteiger partial charge in [-0.1, -0.05) is 17.7 Å². The van der Waals surface area contributed by atoms with Crippen molar-refractivity contribution in [2.75, 3.05) is 6.61 Å². The van der Waals surface area contributed by atoms with Crippen molar-refractivity contribution in [1.82, 2.24) is 0 Å². The summed E-state index contributed by atoms with van der Waals surface area (Å²) in [5, 5.41) is 8.94. The summed E-state index contributed by atoms with van der Waals surface area (Å²) < 4.78 is 5.85. The molecule has 0 bridgehead atoms. The van der Waals surface area contributed by atoms with Gasteiger partial charge in [-0.3, -0.25) is 0 Å². The van der Waals surface area contributed by atoms with Crippen LogP contribution in [0.1, 0.15) is 43.4 Å². The van der Waals surface area contributed by atoms with Crippen molar-refractivity contribution in [3.63, 3.8) is 0 Å². The van der Waals surface area contributed by atoms with Gasteiger partial charge in [0.05, 0.1) is 18.1 Å². The minimum atomic E-state index is -0.249. The summed E-state index contributed by atoms with van der Waals surface area (Å²) in [4.78, 5) is 0. The number of nitriles is 1. The first kappa shape index (κ1) is 14.6. The van der Waals surface area contributed by atoms with Gasteiger partial charge in [-0.05, 0) is 58.6 Å². The van der Waals surface area contributed by atoms with E-state index in [0.29, 0.717) is 6.61 Å². The molecule has 0 unspecified atom stereocenters. The van der Waals surface area contributed by atoms with Crippen LogP contribution < -0.4 is 4.74 Å². The fourth-order valence-corrected chi connectivity index (χ4v) is 2.14. The van der Waals surface area contributed by atoms with Crippen LogP contribution in [-0.2, 0) is 0 Å². The van der Waals surface area contributed by atoms with E-state index in [9.17, 15) is 0 Å². The quantitative estimate of drug-likeness (QED) is 0.724. The number of ether oxygens (including phenoxy) is 1. The Morgan fingerprint density at radius 2 is 1.72 bits per heavy atom.